The molecular weight excluding hydrogens is 485 g/mol. The lowest BCUT2D eigenvalue weighted by molar-refractivity contribution is -0.205. The monoisotopic (exact) mass is 522 g/mol. The van der Waals surface area contributed by atoms with Gasteiger partial charge in [-0.15, -0.1) is 0 Å². The zero-order valence-corrected chi connectivity index (χ0v) is 22.3. The van der Waals surface area contributed by atoms with Crippen LogP contribution in [0.4, 0.5) is 13.2 Å². The van der Waals surface area contributed by atoms with E-state index in [0.29, 0.717) is 53.4 Å². The van der Waals surface area contributed by atoms with Crippen LogP contribution in [0, 0.1) is 23.4 Å². The normalized spacial score (nSPS) is 17.8. The van der Waals surface area contributed by atoms with E-state index in [0.717, 1.165) is 38.5 Å². The van der Waals surface area contributed by atoms with Crippen molar-refractivity contribution in [2.45, 2.75) is 65.1 Å². The highest BCUT2D eigenvalue weighted by molar-refractivity contribution is 5.71. The first-order chi connectivity index (χ1) is 18.5. The van der Waals surface area contributed by atoms with Crippen molar-refractivity contribution >= 4 is 0 Å². The Morgan fingerprint density at radius 1 is 0.816 bits per heavy atom. The number of allylic oxidation sites excluding steroid dienone is 2. The number of rotatable bonds is 11. The first-order valence-electron chi connectivity index (χ1n) is 13.7. The van der Waals surface area contributed by atoms with E-state index < -0.39 is 17.9 Å². The largest absolute Gasteiger partial charge is 0.348 e. The molecule has 0 aromatic heterocycles. The fraction of sp³-hybridized carbons (Fsp3) is 0.394. The highest BCUT2D eigenvalue weighted by Crippen LogP contribution is 2.33. The zero-order chi connectivity index (χ0) is 26.9. The lowest BCUT2D eigenvalue weighted by Crippen LogP contribution is -2.27. The van der Waals surface area contributed by atoms with Crippen molar-refractivity contribution in [3.8, 4) is 22.3 Å². The molecule has 0 amide bonds. The van der Waals surface area contributed by atoms with Gasteiger partial charge in [0.2, 0.25) is 0 Å². The van der Waals surface area contributed by atoms with Crippen molar-refractivity contribution in [1.29, 1.82) is 0 Å². The van der Waals surface area contributed by atoms with Crippen LogP contribution in [0.15, 0.2) is 66.7 Å². The molecule has 1 aliphatic heterocycles. The molecule has 3 aromatic carbocycles. The topological polar surface area (TPSA) is 18.5 Å². The van der Waals surface area contributed by atoms with Crippen LogP contribution in [0.2, 0.25) is 0 Å². The van der Waals surface area contributed by atoms with Gasteiger partial charge >= 0.3 is 0 Å². The van der Waals surface area contributed by atoms with E-state index in [-0.39, 0.29) is 11.4 Å². The standard InChI is InChI=1S/C33H37F3O2/c1-3-5-7-9-11-26-16-19-29(32(36)31(26)35)25-14-12-24(13-15-25)28-18-17-27(20-30(28)34)33-37-21-23(22-38-33)10-8-6-4-2/h4,6,12-20,23,33H,3,5,7-11,21-22H2,1-2H3/b6-4+. The molecule has 1 saturated heterocycles. The van der Waals surface area contributed by atoms with Crippen LogP contribution >= 0.6 is 0 Å². The Morgan fingerprint density at radius 2 is 1.50 bits per heavy atom. The molecule has 0 unspecified atom stereocenters. The molecule has 0 saturated carbocycles. The van der Waals surface area contributed by atoms with Gasteiger partial charge in [-0.1, -0.05) is 86.9 Å². The Bertz CT molecular complexity index is 1210. The predicted octanol–water partition coefficient (Wildman–Crippen LogP) is 9.58. The number of ether oxygens (including phenoxy) is 2. The fourth-order valence-electron chi connectivity index (χ4n) is 4.89. The van der Waals surface area contributed by atoms with Crippen LogP contribution in [-0.2, 0) is 15.9 Å². The van der Waals surface area contributed by atoms with Crippen LogP contribution < -0.4 is 0 Å². The molecule has 0 aliphatic carbocycles. The summed E-state index contributed by atoms with van der Waals surface area (Å²) in [5.41, 5.74) is 2.89. The minimum Gasteiger partial charge on any atom is -0.348 e. The maximum Gasteiger partial charge on any atom is 0.183 e. The fourth-order valence-corrected chi connectivity index (χ4v) is 4.89. The smallest absolute Gasteiger partial charge is 0.183 e. The molecule has 0 spiro atoms. The molecule has 38 heavy (non-hydrogen) atoms. The summed E-state index contributed by atoms with van der Waals surface area (Å²) < 4.78 is 56.4. The molecule has 3 aromatic rings. The number of benzene rings is 3. The van der Waals surface area contributed by atoms with E-state index in [2.05, 4.69) is 13.0 Å². The van der Waals surface area contributed by atoms with E-state index in [1.165, 1.54) is 6.07 Å². The molecule has 4 rings (SSSR count). The molecule has 1 heterocycles. The average Bonchev–Trinajstić information content (AvgIpc) is 2.94. The molecule has 2 nitrogen and oxygen atoms in total. The third-order valence-electron chi connectivity index (χ3n) is 7.18. The third-order valence-corrected chi connectivity index (χ3v) is 7.18. The van der Waals surface area contributed by atoms with E-state index in [9.17, 15) is 8.78 Å². The predicted molar refractivity (Wildman–Crippen MR) is 147 cm³/mol. The van der Waals surface area contributed by atoms with Crippen LogP contribution in [-0.4, -0.2) is 13.2 Å². The van der Waals surface area contributed by atoms with Crippen LogP contribution in [0.1, 0.15) is 69.8 Å². The highest BCUT2D eigenvalue weighted by Gasteiger charge is 2.24. The molecule has 0 N–H and O–H groups in total. The second-order valence-corrected chi connectivity index (χ2v) is 10.0. The summed E-state index contributed by atoms with van der Waals surface area (Å²) >= 11 is 0. The molecule has 202 valence electrons. The quantitative estimate of drug-likeness (QED) is 0.184. The first kappa shape index (κ1) is 28.1. The lowest BCUT2D eigenvalue weighted by atomic mass is 9.97. The summed E-state index contributed by atoms with van der Waals surface area (Å²) in [5, 5.41) is 0. The molecule has 1 fully saturated rings. The second kappa shape index (κ2) is 13.8. The van der Waals surface area contributed by atoms with Crippen molar-refractivity contribution in [3.05, 3.63) is 95.3 Å². The van der Waals surface area contributed by atoms with Crippen LogP contribution in [0.3, 0.4) is 0 Å². The van der Waals surface area contributed by atoms with Crippen molar-refractivity contribution in [2.24, 2.45) is 5.92 Å². The van der Waals surface area contributed by atoms with E-state index in [4.69, 9.17) is 9.47 Å². The molecule has 0 atom stereocenters. The van der Waals surface area contributed by atoms with Crippen LogP contribution in [0.5, 0.6) is 0 Å². The van der Waals surface area contributed by atoms with Gasteiger partial charge in [-0.25, -0.2) is 13.2 Å². The van der Waals surface area contributed by atoms with Gasteiger partial charge in [-0.2, -0.15) is 0 Å². The third kappa shape index (κ3) is 6.95. The maximum absolute atomic E-state index is 15.1. The van der Waals surface area contributed by atoms with Gasteiger partial charge < -0.3 is 9.47 Å². The Balaban J connectivity index is 1.42. The summed E-state index contributed by atoms with van der Waals surface area (Å²) in [6, 6.07) is 15.1. The molecule has 0 bridgehead atoms. The zero-order valence-electron chi connectivity index (χ0n) is 22.3. The Morgan fingerprint density at radius 3 is 2.16 bits per heavy atom. The summed E-state index contributed by atoms with van der Waals surface area (Å²) in [5.74, 6) is -1.66. The van der Waals surface area contributed by atoms with Gasteiger partial charge in [0.1, 0.15) is 5.82 Å². The minimum absolute atomic E-state index is 0.206. The molecular formula is C33H37F3O2. The van der Waals surface area contributed by atoms with Gasteiger partial charge in [0.25, 0.3) is 0 Å². The van der Waals surface area contributed by atoms with Crippen molar-refractivity contribution < 1.29 is 22.6 Å². The molecule has 1 aliphatic rings. The van der Waals surface area contributed by atoms with E-state index in [1.54, 1.807) is 42.5 Å². The average molecular weight is 523 g/mol. The van der Waals surface area contributed by atoms with Crippen molar-refractivity contribution in [2.75, 3.05) is 13.2 Å². The van der Waals surface area contributed by atoms with Crippen LogP contribution in [0.25, 0.3) is 22.3 Å². The number of halogens is 3. The Hall–Kier alpha value is -2.89. The highest BCUT2D eigenvalue weighted by atomic mass is 19.2. The van der Waals surface area contributed by atoms with Gasteiger partial charge in [0.15, 0.2) is 17.9 Å². The SMILES string of the molecule is C/C=C/CCC1COC(c2ccc(-c3ccc(-c4ccc(CCCCCC)c(F)c4F)cc3)c(F)c2)OC1. The van der Waals surface area contributed by atoms with Gasteiger partial charge in [0.05, 0.1) is 13.2 Å². The summed E-state index contributed by atoms with van der Waals surface area (Å²) in [7, 11) is 0. The minimum atomic E-state index is -0.835. The van der Waals surface area contributed by atoms with Gasteiger partial charge in [-0.05, 0) is 55.4 Å². The van der Waals surface area contributed by atoms with Gasteiger partial charge in [-0.3, -0.25) is 0 Å². The Kier molecular flexibility index (Phi) is 10.2. The Labute approximate surface area is 224 Å². The summed E-state index contributed by atoms with van der Waals surface area (Å²) in [6.45, 7) is 5.30. The second-order valence-electron chi connectivity index (χ2n) is 10.0. The number of hydrogen-bond donors (Lipinski definition) is 0. The molecule has 5 heteroatoms. The first-order valence-corrected chi connectivity index (χ1v) is 13.7. The molecule has 0 radical (unpaired) electrons. The van der Waals surface area contributed by atoms with Crippen molar-refractivity contribution in [3.63, 3.8) is 0 Å². The van der Waals surface area contributed by atoms with E-state index in [1.807, 2.05) is 19.1 Å². The number of hydrogen-bond acceptors (Lipinski definition) is 2. The van der Waals surface area contributed by atoms with E-state index >= 15 is 4.39 Å². The summed E-state index contributed by atoms with van der Waals surface area (Å²) in [6.07, 6.45) is 10.2. The maximum atomic E-state index is 15.1. The lowest BCUT2D eigenvalue weighted by Gasteiger charge is -2.29. The summed E-state index contributed by atoms with van der Waals surface area (Å²) in [4.78, 5) is 0. The van der Waals surface area contributed by atoms with Gasteiger partial charge in [0, 0.05) is 22.6 Å². The van der Waals surface area contributed by atoms with Crippen molar-refractivity contribution in [1.82, 2.24) is 0 Å². The number of unbranched alkanes of at least 4 members (excludes halogenated alkanes) is 3. The number of aryl methyl sites for hydroxylation is 1.